The maximum atomic E-state index is 2.31. The first-order valence-corrected chi connectivity index (χ1v) is 5.58. The molecular weight excluding hydrogens is 146 g/mol. The molecule has 0 bridgehead atoms. The molecule has 0 saturated heterocycles. The molecule has 0 aromatic heterocycles. The molecule has 54 valence electrons. The Morgan fingerprint density at radius 1 is 0.900 bits per heavy atom. The Morgan fingerprint density at radius 3 is 1.40 bits per heavy atom. The minimum Gasteiger partial charge on any atom is -0.102 e. The van der Waals surface area contributed by atoms with Crippen molar-refractivity contribution in [2.24, 2.45) is 11.8 Å². The predicted molar refractivity (Wildman–Crippen MR) is 50.8 cm³/mol. The van der Waals surface area contributed by atoms with E-state index in [9.17, 15) is 0 Å². The van der Waals surface area contributed by atoms with E-state index in [2.05, 4.69) is 27.7 Å². The van der Waals surface area contributed by atoms with E-state index in [1.54, 1.807) is 0 Å². The smallest absolute Gasteiger partial charge is 0.102 e. The molecule has 0 aromatic rings. The van der Waals surface area contributed by atoms with Crippen LogP contribution in [0.2, 0.25) is 10.6 Å². The van der Waals surface area contributed by atoms with Crippen LogP contribution in [0.1, 0.15) is 27.7 Å². The van der Waals surface area contributed by atoms with E-state index < -0.39 is 0 Å². The van der Waals surface area contributed by atoms with Gasteiger partial charge in [0.15, 0.2) is 0 Å². The minimum atomic E-state index is 0. The van der Waals surface area contributed by atoms with Gasteiger partial charge in [-0.2, -0.15) is 0 Å². The molecule has 0 spiro atoms. The molecule has 0 heterocycles. The summed E-state index contributed by atoms with van der Waals surface area (Å²) in [5, 5.41) is 2.97. The predicted octanol–water partition coefficient (Wildman–Crippen LogP) is 2.46. The van der Waals surface area contributed by atoms with Crippen LogP contribution in [0.5, 0.6) is 0 Å². The molecule has 2 radical (unpaired) electrons. The Hall–Kier alpha value is 1.53. The Balaban J connectivity index is 0. The summed E-state index contributed by atoms with van der Waals surface area (Å²) in [7, 11) is 0. The van der Waals surface area contributed by atoms with Gasteiger partial charge in [-0.05, 0) is 0 Å². The van der Waals surface area contributed by atoms with Crippen LogP contribution in [0.15, 0.2) is 0 Å². The van der Waals surface area contributed by atoms with Gasteiger partial charge in [0.2, 0.25) is 15.2 Å². The molecule has 0 unspecified atom stereocenters. The number of rotatable bonds is 4. The van der Waals surface area contributed by atoms with Crippen LogP contribution in [-0.4, -0.2) is 44.8 Å². The van der Waals surface area contributed by atoms with Gasteiger partial charge in [0.1, 0.15) is 0 Å². The first-order valence-electron chi connectivity index (χ1n) is 3.94. The molecule has 0 aliphatic carbocycles. The summed E-state index contributed by atoms with van der Waals surface area (Å²) >= 11 is 0.755. The van der Waals surface area contributed by atoms with Crippen molar-refractivity contribution < 1.29 is 0 Å². The van der Waals surface area contributed by atoms with Crippen LogP contribution in [-0.2, 0) is 0 Å². The van der Waals surface area contributed by atoms with Gasteiger partial charge in [0.25, 0.3) is 0 Å². The Morgan fingerprint density at radius 2 is 1.20 bits per heavy atom. The van der Waals surface area contributed by atoms with Crippen molar-refractivity contribution in [2.75, 3.05) is 0 Å². The summed E-state index contributed by atoms with van der Waals surface area (Å²) in [6.45, 7) is 9.25. The van der Waals surface area contributed by atoms with E-state index in [0.717, 1.165) is 27.1 Å². The average Bonchev–Trinajstić information content (AvgIpc) is 1.63. The Kier molecular flexibility index (Phi) is 12.1. The fourth-order valence-corrected chi connectivity index (χ4v) is 2.29. The van der Waals surface area contributed by atoms with Gasteiger partial charge in [-0.15, -0.1) is 10.6 Å². The molecule has 0 aliphatic rings. The molecule has 0 rings (SSSR count). The van der Waals surface area contributed by atoms with Crippen molar-refractivity contribution in [1.82, 2.24) is 0 Å². The van der Waals surface area contributed by atoms with Gasteiger partial charge in [-0.1, -0.05) is 39.5 Å². The molecule has 10 heavy (non-hydrogen) atoms. The van der Waals surface area contributed by atoms with Gasteiger partial charge < -0.3 is 0 Å². The Bertz CT molecular complexity index is 54.3. The van der Waals surface area contributed by atoms with Crippen LogP contribution in [0, 0.1) is 11.8 Å². The Labute approximate surface area is 94.2 Å². The third kappa shape index (κ3) is 12.2. The van der Waals surface area contributed by atoms with Gasteiger partial charge in [0, 0.05) is 29.6 Å². The first-order chi connectivity index (χ1) is 4.13. The van der Waals surface area contributed by atoms with E-state index in [1.165, 1.54) is 10.6 Å². The van der Waals surface area contributed by atoms with Crippen molar-refractivity contribution in [2.45, 2.75) is 38.3 Å². The number of hydrogen-bond donors (Lipinski definition) is 0. The fourth-order valence-electron chi connectivity index (χ4n) is 0.763. The zero-order valence-electron chi connectivity index (χ0n) is 8.15. The third-order valence-electron chi connectivity index (χ3n) is 1.28. The van der Waals surface area contributed by atoms with Gasteiger partial charge >= 0.3 is 0 Å². The second kappa shape index (κ2) is 8.63. The molecule has 0 nitrogen and oxygen atoms in total. The van der Waals surface area contributed by atoms with Crippen molar-refractivity contribution >= 4 is 44.8 Å². The molecule has 0 amide bonds. The number of hydrogen-bond acceptors (Lipinski definition) is 0. The van der Waals surface area contributed by atoms with E-state index in [1.807, 2.05) is 0 Å². The fraction of sp³-hybridized carbons (Fsp3) is 1.00. The molecule has 0 fully saturated rings. The second-order valence-corrected chi connectivity index (χ2v) is 5.07. The van der Waals surface area contributed by atoms with Crippen molar-refractivity contribution in [1.29, 1.82) is 0 Å². The van der Waals surface area contributed by atoms with Crippen molar-refractivity contribution in [3.63, 3.8) is 0 Å². The topological polar surface area (TPSA) is 0 Å². The molecule has 0 atom stereocenters. The first kappa shape index (κ1) is 14.1. The van der Waals surface area contributed by atoms with Crippen LogP contribution in [0.4, 0.5) is 0 Å². The van der Waals surface area contributed by atoms with Gasteiger partial charge in [0.05, 0.1) is 0 Å². The maximum Gasteiger partial charge on any atom is 0.200 e. The van der Waals surface area contributed by atoms with Gasteiger partial charge in [-0.3, -0.25) is 0 Å². The van der Waals surface area contributed by atoms with Crippen molar-refractivity contribution in [3.05, 3.63) is 0 Å². The van der Waals surface area contributed by atoms with Gasteiger partial charge in [-0.25, -0.2) is 0 Å². The largest absolute Gasteiger partial charge is 0.200 e. The minimum absolute atomic E-state index is 0. The quantitative estimate of drug-likeness (QED) is 0.560. The zero-order chi connectivity index (χ0) is 7.28. The summed E-state index contributed by atoms with van der Waals surface area (Å²) in [4.78, 5) is 0. The zero-order valence-corrected chi connectivity index (χ0v) is 11.3. The molecule has 2 heteroatoms. The SMILES string of the molecule is CC(C)[CH2][Al][CH2]C(C)C.[Na]. The van der Waals surface area contributed by atoms with E-state index >= 15 is 0 Å². The van der Waals surface area contributed by atoms with Crippen LogP contribution >= 0.6 is 0 Å². The van der Waals surface area contributed by atoms with Crippen LogP contribution in [0.3, 0.4) is 0 Å². The summed E-state index contributed by atoms with van der Waals surface area (Å²) in [6.07, 6.45) is 0. The monoisotopic (exact) mass is 164 g/mol. The molecule has 0 saturated carbocycles. The van der Waals surface area contributed by atoms with E-state index in [-0.39, 0.29) is 29.6 Å². The van der Waals surface area contributed by atoms with Crippen LogP contribution < -0.4 is 0 Å². The third-order valence-corrected chi connectivity index (χ3v) is 3.83. The second-order valence-electron chi connectivity index (χ2n) is 3.55. The molecular formula is C8H18AlNa. The summed E-state index contributed by atoms with van der Waals surface area (Å²) in [5.74, 6) is 1.86. The van der Waals surface area contributed by atoms with E-state index in [4.69, 9.17) is 0 Å². The summed E-state index contributed by atoms with van der Waals surface area (Å²) in [5.41, 5.74) is 0. The van der Waals surface area contributed by atoms with Crippen LogP contribution in [0.25, 0.3) is 0 Å². The molecule has 0 aliphatic heterocycles. The van der Waals surface area contributed by atoms with Crippen molar-refractivity contribution in [3.8, 4) is 0 Å². The summed E-state index contributed by atoms with van der Waals surface area (Å²) < 4.78 is 0. The average molecular weight is 164 g/mol. The summed E-state index contributed by atoms with van der Waals surface area (Å²) in [6, 6.07) is 0. The molecule has 0 N–H and O–H groups in total. The normalized spacial score (nSPS) is 9.80. The maximum absolute atomic E-state index is 2.31. The standard InChI is InChI=1S/2C4H9.Al.Na/c2*1-4(2)3;;/h2*4H,1H2,2-3H3;;. The molecule has 0 aromatic carbocycles. The van der Waals surface area contributed by atoms with E-state index in [0.29, 0.717) is 0 Å².